The lowest BCUT2D eigenvalue weighted by Gasteiger charge is -2.20. The Morgan fingerprint density at radius 3 is 2.62 bits per heavy atom. The Hall–Kier alpha value is -1.13. The van der Waals surface area contributed by atoms with Crippen LogP contribution < -0.4 is 5.32 Å². The summed E-state index contributed by atoms with van der Waals surface area (Å²) in [4.78, 5) is 8.79. The van der Waals surface area contributed by atoms with Crippen LogP contribution in [0.15, 0.2) is 18.3 Å². The van der Waals surface area contributed by atoms with E-state index in [1.54, 1.807) is 0 Å². The number of nitrogens with one attached hydrogen (secondary N) is 1. The van der Waals surface area contributed by atoms with Crippen molar-refractivity contribution in [3.05, 3.63) is 23.9 Å². The highest BCUT2D eigenvalue weighted by Gasteiger charge is 2.05. The van der Waals surface area contributed by atoms with Gasteiger partial charge in [-0.15, -0.1) is 0 Å². The molecule has 0 radical (unpaired) electrons. The standard InChI is InChI=1S/C12H22N4/c1-13-12-11(6-5-7-14-12)10-16(4)9-8-15(2)3/h5-7H,8-10H2,1-4H3,(H,13,14). The van der Waals surface area contributed by atoms with Crippen LogP contribution in [0.25, 0.3) is 0 Å². The minimum Gasteiger partial charge on any atom is -0.373 e. The minimum atomic E-state index is 0.928. The van der Waals surface area contributed by atoms with Gasteiger partial charge in [0.1, 0.15) is 5.82 Å². The summed E-state index contributed by atoms with van der Waals surface area (Å²) < 4.78 is 0. The molecule has 1 N–H and O–H groups in total. The van der Waals surface area contributed by atoms with Gasteiger partial charge in [-0.2, -0.15) is 0 Å². The quantitative estimate of drug-likeness (QED) is 0.781. The highest BCUT2D eigenvalue weighted by molar-refractivity contribution is 5.42. The summed E-state index contributed by atoms with van der Waals surface area (Å²) in [6, 6.07) is 4.10. The van der Waals surface area contributed by atoms with Gasteiger partial charge in [-0.3, -0.25) is 0 Å². The van der Waals surface area contributed by atoms with Crippen LogP contribution in [0.2, 0.25) is 0 Å². The summed E-state index contributed by atoms with van der Waals surface area (Å²) in [6.07, 6.45) is 1.81. The van der Waals surface area contributed by atoms with Gasteiger partial charge in [0.2, 0.25) is 0 Å². The third kappa shape index (κ3) is 4.16. The lowest BCUT2D eigenvalue weighted by molar-refractivity contribution is 0.276. The third-order valence-corrected chi connectivity index (χ3v) is 2.50. The maximum absolute atomic E-state index is 4.30. The second-order valence-corrected chi connectivity index (χ2v) is 4.30. The SMILES string of the molecule is CNc1ncccc1CN(C)CCN(C)C. The van der Waals surface area contributed by atoms with Crippen LogP contribution in [0.3, 0.4) is 0 Å². The fourth-order valence-corrected chi connectivity index (χ4v) is 1.53. The summed E-state index contributed by atoms with van der Waals surface area (Å²) in [5, 5.41) is 3.12. The van der Waals surface area contributed by atoms with E-state index in [4.69, 9.17) is 0 Å². The molecule has 1 aromatic heterocycles. The van der Waals surface area contributed by atoms with E-state index >= 15 is 0 Å². The normalized spacial score (nSPS) is 11.1. The Morgan fingerprint density at radius 1 is 1.25 bits per heavy atom. The molecule has 1 rings (SSSR count). The molecular formula is C12H22N4. The van der Waals surface area contributed by atoms with Crippen molar-refractivity contribution in [3.63, 3.8) is 0 Å². The Kier molecular flexibility index (Phi) is 5.22. The highest BCUT2D eigenvalue weighted by atomic mass is 15.1. The lowest BCUT2D eigenvalue weighted by Crippen LogP contribution is -2.28. The molecule has 0 aliphatic heterocycles. The Labute approximate surface area is 98.3 Å². The van der Waals surface area contributed by atoms with E-state index in [1.165, 1.54) is 5.56 Å². The monoisotopic (exact) mass is 222 g/mol. The number of anilines is 1. The van der Waals surface area contributed by atoms with Gasteiger partial charge in [0.25, 0.3) is 0 Å². The van der Waals surface area contributed by atoms with Crippen molar-refractivity contribution in [3.8, 4) is 0 Å². The number of aromatic nitrogens is 1. The molecule has 0 aliphatic rings. The maximum atomic E-state index is 4.30. The van der Waals surface area contributed by atoms with Gasteiger partial charge in [0.15, 0.2) is 0 Å². The van der Waals surface area contributed by atoms with Gasteiger partial charge < -0.3 is 15.1 Å². The van der Waals surface area contributed by atoms with Gasteiger partial charge >= 0.3 is 0 Å². The zero-order valence-electron chi connectivity index (χ0n) is 10.7. The number of likely N-dealkylation sites (N-methyl/N-ethyl adjacent to an activating group) is 2. The molecule has 0 aliphatic carbocycles. The molecule has 0 fully saturated rings. The second kappa shape index (κ2) is 6.45. The number of pyridine rings is 1. The smallest absolute Gasteiger partial charge is 0.130 e. The first kappa shape index (κ1) is 12.9. The molecule has 0 unspecified atom stereocenters. The van der Waals surface area contributed by atoms with Crippen LogP contribution >= 0.6 is 0 Å². The zero-order chi connectivity index (χ0) is 12.0. The van der Waals surface area contributed by atoms with Crippen molar-refractivity contribution >= 4 is 5.82 Å². The van der Waals surface area contributed by atoms with Gasteiger partial charge in [-0.05, 0) is 27.2 Å². The van der Waals surface area contributed by atoms with E-state index in [1.807, 2.05) is 19.3 Å². The summed E-state index contributed by atoms with van der Waals surface area (Å²) in [5.74, 6) is 0.971. The third-order valence-electron chi connectivity index (χ3n) is 2.50. The topological polar surface area (TPSA) is 31.4 Å². The molecule has 4 nitrogen and oxygen atoms in total. The number of nitrogens with zero attached hydrogens (tertiary/aromatic N) is 3. The summed E-state index contributed by atoms with van der Waals surface area (Å²) in [6.45, 7) is 3.06. The predicted octanol–water partition coefficient (Wildman–Crippen LogP) is 1.12. The lowest BCUT2D eigenvalue weighted by atomic mass is 10.2. The van der Waals surface area contributed by atoms with E-state index in [0.29, 0.717) is 0 Å². The molecule has 4 heteroatoms. The van der Waals surface area contributed by atoms with E-state index in [0.717, 1.165) is 25.5 Å². The molecular weight excluding hydrogens is 200 g/mol. The van der Waals surface area contributed by atoms with Crippen LogP contribution in [0.5, 0.6) is 0 Å². The molecule has 0 bridgehead atoms. The highest BCUT2D eigenvalue weighted by Crippen LogP contribution is 2.12. The summed E-state index contributed by atoms with van der Waals surface area (Å²) in [5.41, 5.74) is 1.24. The van der Waals surface area contributed by atoms with Crippen molar-refractivity contribution < 1.29 is 0 Å². The van der Waals surface area contributed by atoms with Gasteiger partial charge in [-0.1, -0.05) is 6.07 Å². The van der Waals surface area contributed by atoms with Gasteiger partial charge in [0, 0.05) is 38.4 Å². The first-order chi connectivity index (χ1) is 7.63. The van der Waals surface area contributed by atoms with Crippen LogP contribution in [-0.4, -0.2) is 56.1 Å². The molecule has 16 heavy (non-hydrogen) atoms. The molecule has 0 amide bonds. The minimum absolute atomic E-state index is 0.928. The van der Waals surface area contributed by atoms with E-state index in [9.17, 15) is 0 Å². The fourth-order valence-electron chi connectivity index (χ4n) is 1.53. The molecule has 0 spiro atoms. The first-order valence-electron chi connectivity index (χ1n) is 5.58. The molecule has 1 aromatic rings. The van der Waals surface area contributed by atoms with Crippen molar-refractivity contribution in [1.29, 1.82) is 0 Å². The summed E-state index contributed by atoms with van der Waals surface area (Å²) >= 11 is 0. The number of hydrogen-bond donors (Lipinski definition) is 1. The van der Waals surface area contributed by atoms with Crippen LogP contribution in [0, 0.1) is 0 Å². The molecule has 0 aromatic carbocycles. The van der Waals surface area contributed by atoms with Crippen LogP contribution in [-0.2, 0) is 6.54 Å². The fraction of sp³-hybridized carbons (Fsp3) is 0.583. The summed E-state index contributed by atoms with van der Waals surface area (Å²) in [7, 11) is 8.23. The van der Waals surface area contributed by atoms with Crippen molar-refractivity contribution in [2.75, 3.05) is 46.6 Å². The Morgan fingerprint density at radius 2 is 2.00 bits per heavy atom. The average molecular weight is 222 g/mol. The molecule has 1 heterocycles. The van der Waals surface area contributed by atoms with E-state index in [-0.39, 0.29) is 0 Å². The molecule has 0 saturated carbocycles. The zero-order valence-corrected chi connectivity index (χ0v) is 10.7. The Bertz CT molecular complexity index is 312. The largest absolute Gasteiger partial charge is 0.373 e. The first-order valence-corrected chi connectivity index (χ1v) is 5.58. The van der Waals surface area contributed by atoms with Gasteiger partial charge in [-0.25, -0.2) is 4.98 Å². The maximum Gasteiger partial charge on any atom is 0.130 e. The van der Waals surface area contributed by atoms with Crippen LogP contribution in [0.4, 0.5) is 5.82 Å². The van der Waals surface area contributed by atoms with Crippen molar-refractivity contribution in [1.82, 2.24) is 14.8 Å². The van der Waals surface area contributed by atoms with E-state index in [2.05, 4.69) is 47.3 Å². The molecule has 0 atom stereocenters. The molecule has 90 valence electrons. The number of hydrogen-bond acceptors (Lipinski definition) is 4. The second-order valence-electron chi connectivity index (χ2n) is 4.30. The average Bonchev–Trinajstić information content (AvgIpc) is 2.27. The van der Waals surface area contributed by atoms with Crippen molar-refractivity contribution in [2.24, 2.45) is 0 Å². The van der Waals surface area contributed by atoms with E-state index < -0.39 is 0 Å². The van der Waals surface area contributed by atoms with Gasteiger partial charge in [0.05, 0.1) is 0 Å². The predicted molar refractivity (Wildman–Crippen MR) is 68.7 cm³/mol. The van der Waals surface area contributed by atoms with Crippen LogP contribution in [0.1, 0.15) is 5.56 Å². The Balaban J connectivity index is 2.51. The number of rotatable bonds is 6. The molecule has 0 saturated heterocycles. The van der Waals surface area contributed by atoms with Crippen molar-refractivity contribution in [2.45, 2.75) is 6.54 Å².